The van der Waals surface area contributed by atoms with Crippen LogP contribution in [0.5, 0.6) is 0 Å². The molecule has 10 heavy (non-hydrogen) atoms. The smallest absolute Gasteiger partial charge is 0.230 e. The van der Waals surface area contributed by atoms with Gasteiger partial charge >= 0.3 is 0 Å². The van der Waals surface area contributed by atoms with Gasteiger partial charge in [0.15, 0.2) is 0 Å². The van der Waals surface area contributed by atoms with Crippen molar-refractivity contribution in [1.82, 2.24) is 4.98 Å². The number of amides is 1. The number of fused-ring (bicyclic) bond motifs is 1. The van der Waals surface area contributed by atoms with Gasteiger partial charge in [-0.2, -0.15) is 0 Å². The molecule has 1 aromatic rings. The quantitative estimate of drug-likeness (QED) is 0.573. The van der Waals surface area contributed by atoms with Crippen LogP contribution in [0.15, 0.2) is 18.3 Å². The largest absolute Gasteiger partial charge is 0.310 e. The third-order valence-electron chi connectivity index (χ3n) is 1.50. The van der Waals surface area contributed by atoms with Crippen LogP contribution in [0.25, 0.3) is 0 Å². The lowest BCUT2D eigenvalue weighted by molar-refractivity contribution is -0.115. The summed E-state index contributed by atoms with van der Waals surface area (Å²) in [5, 5.41) is 2.65. The monoisotopic (exact) mass is 136 g/mol. The van der Waals surface area contributed by atoms with Gasteiger partial charge in [0.25, 0.3) is 0 Å². The highest BCUT2D eigenvalue weighted by Gasteiger charge is 2.16. The summed E-state index contributed by atoms with van der Waals surface area (Å²) in [5.74, 6) is 0.751. The van der Waals surface area contributed by atoms with Crippen LogP contribution in [0.3, 0.4) is 0 Å². The molecule has 2 rings (SSSR count). The molecule has 3 heteroatoms. The molecule has 1 N–H and O–H groups in total. The molecular formula is C7H8N2O. The molecule has 0 fully saturated rings. The molecule has 0 unspecified atom stereocenters. The minimum atomic E-state index is 0. The van der Waals surface area contributed by atoms with E-state index in [0.717, 1.165) is 5.56 Å². The number of hydrogen-bond acceptors (Lipinski definition) is 2. The Hall–Kier alpha value is -1.38. The van der Waals surface area contributed by atoms with E-state index in [9.17, 15) is 4.79 Å². The first kappa shape index (κ1) is 5.41. The second kappa shape index (κ2) is 1.80. The van der Waals surface area contributed by atoms with Crippen LogP contribution in [-0.4, -0.2) is 10.9 Å². The Bertz CT molecular complexity index is 261. The first-order valence-electron chi connectivity index (χ1n) is 3.10. The fourth-order valence-electron chi connectivity index (χ4n) is 1.04. The van der Waals surface area contributed by atoms with E-state index >= 15 is 0 Å². The summed E-state index contributed by atoms with van der Waals surface area (Å²) in [4.78, 5) is 14.7. The van der Waals surface area contributed by atoms with Gasteiger partial charge in [0.1, 0.15) is 5.82 Å². The van der Waals surface area contributed by atoms with Gasteiger partial charge in [0.05, 0.1) is 6.42 Å². The predicted octanol–water partition coefficient (Wildman–Crippen LogP) is 0.822. The van der Waals surface area contributed by atoms with Crippen LogP contribution in [-0.2, 0) is 11.2 Å². The predicted molar refractivity (Wildman–Crippen MR) is 38.7 cm³/mol. The van der Waals surface area contributed by atoms with Crippen molar-refractivity contribution in [3.05, 3.63) is 23.9 Å². The van der Waals surface area contributed by atoms with E-state index in [1.165, 1.54) is 0 Å². The normalized spacial score (nSPS) is 14.6. The molecule has 1 amide bonds. The molecule has 0 aromatic carbocycles. The van der Waals surface area contributed by atoms with E-state index in [1.807, 2.05) is 12.1 Å². The van der Waals surface area contributed by atoms with Crippen molar-refractivity contribution >= 4 is 11.7 Å². The maximum absolute atomic E-state index is 10.7. The van der Waals surface area contributed by atoms with Crippen LogP contribution < -0.4 is 5.32 Å². The van der Waals surface area contributed by atoms with E-state index in [-0.39, 0.29) is 7.33 Å². The number of rotatable bonds is 0. The van der Waals surface area contributed by atoms with Gasteiger partial charge in [0.2, 0.25) is 5.91 Å². The molecule has 0 atom stereocenters. The molecule has 1 aliphatic rings. The van der Waals surface area contributed by atoms with Gasteiger partial charge < -0.3 is 5.32 Å². The number of aromatic nitrogens is 1. The van der Waals surface area contributed by atoms with Gasteiger partial charge in [-0.05, 0) is 6.07 Å². The van der Waals surface area contributed by atoms with Gasteiger partial charge in [-0.25, -0.2) is 4.98 Å². The molecule has 2 heterocycles. The van der Waals surface area contributed by atoms with E-state index < -0.39 is 0 Å². The SMILES string of the molecule is O=C1Cc2cccnc2N1.[HH]. The Balaban J connectivity index is 0.000000605. The molecule has 0 saturated heterocycles. The Labute approximate surface area is 59.6 Å². The molecule has 0 aliphatic carbocycles. The molecule has 0 radical (unpaired) electrons. The minimum Gasteiger partial charge on any atom is -0.310 e. The topological polar surface area (TPSA) is 42.0 Å². The van der Waals surface area contributed by atoms with Crippen molar-refractivity contribution in [2.75, 3.05) is 5.32 Å². The third kappa shape index (κ3) is 0.673. The maximum Gasteiger partial charge on any atom is 0.230 e. The molecule has 0 bridgehead atoms. The van der Waals surface area contributed by atoms with Crippen molar-refractivity contribution in [1.29, 1.82) is 0 Å². The summed E-state index contributed by atoms with van der Waals surface area (Å²) < 4.78 is 0. The van der Waals surface area contributed by atoms with Crippen molar-refractivity contribution < 1.29 is 6.22 Å². The zero-order valence-corrected chi connectivity index (χ0v) is 5.29. The number of anilines is 1. The molecule has 0 saturated carbocycles. The first-order valence-corrected chi connectivity index (χ1v) is 3.10. The molecule has 3 nitrogen and oxygen atoms in total. The fourth-order valence-corrected chi connectivity index (χ4v) is 1.04. The highest BCUT2D eigenvalue weighted by atomic mass is 16.1. The second-order valence-electron chi connectivity index (χ2n) is 2.24. The molecular weight excluding hydrogens is 128 g/mol. The van der Waals surface area contributed by atoms with E-state index in [2.05, 4.69) is 10.3 Å². The molecule has 52 valence electrons. The number of hydrogen-bond donors (Lipinski definition) is 1. The summed E-state index contributed by atoms with van der Waals surface area (Å²) in [6, 6.07) is 3.74. The first-order chi connectivity index (χ1) is 4.86. The summed E-state index contributed by atoms with van der Waals surface area (Å²) >= 11 is 0. The van der Waals surface area contributed by atoms with Crippen LogP contribution in [0.4, 0.5) is 5.82 Å². The Kier molecular flexibility index (Phi) is 0.974. The Morgan fingerprint density at radius 2 is 2.60 bits per heavy atom. The van der Waals surface area contributed by atoms with Crippen molar-refractivity contribution in [3.63, 3.8) is 0 Å². The Morgan fingerprint density at radius 3 is 3.40 bits per heavy atom. The number of carbonyl (C=O) groups is 1. The lowest BCUT2D eigenvalue weighted by atomic mass is 10.2. The van der Waals surface area contributed by atoms with E-state index in [4.69, 9.17) is 0 Å². The van der Waals surface area contributed by atoms with Crippen molar-refractivity contribution in [2.45, 2.75) is 6.42 Å². The number of nitrogens with zero attached hydrogens (tertiary/aromatic N) is 1. The number of pyridine rings is 1. The number of carbonyl (C=O) groups excluding carboxylic acids is 1. The van der Waals surface area contributed by atoms with Gasteiger partial charge in [-0.15, -0.1) is 0 Å². The molecule has 1 aromatic heterocycles. The zero-order chi connectivity index (χ0) is 6.97. The average Bonchev–Trinajstić information content (AvgIpc) is 2.27. The van der Waals surface area contributed by atoms with Gasteiger partial charge in [-0.1, -0.05) is 6.07 Å². The highest BCUT2D eigenvalue weighted by Crippen LogP contribution is 2.17. The van der Waals surface area contributed by atoms with Crippen molar-refractivity contribution in [3.8, 4) is 0 Å². The number of nitrogens with one attached hydrogen (secondary N) is 1. The van der Waals surface area contributed by atoms with E-state index in [0.29, 0.717) is 12.2 Å². The summed E-state index contributed by atoms with van der Waals surface area (Å²) in [6.45, 7) is 0. The second-order valence-corrected chi connectivity index (χ2v) is 2.24. The summed E-state index contributed by atoms with van der Waals surface area (Å²) in [7, 11) is 0. The minimum absolute atomic E-state index is 0. The van der Waals surface area contributed by atoms with Crippen LogP contribution in [0.2, 0.25) is 0 Å². The average molecular weight is 136 g/mol. The summed E-state index contributed by atoms with van der Waals surface area (Å²) in [5.41, 5.74) is 0.993. The third-order valence-corrected chi connectivity index (χ3v) is 1.50. The van der Waals surface area contributed by atoms with Crippen LogP contribution in [0, 0.1) is 0 Å². The maximum atomic E-state index is 10.7. The lowest BCUT2D eigenvalue weighted by Crippen LogP contribution is -2.04. The lowest BCUT2D eigenvalue weighted by Gasteiger charge is -1.91. The fraction of sp³-hybridized carbons (Fsp3) is 0.143. The van der Waals surface area contributed by atoms with Gasteiger partial charge in [0, 0.05) is 13.2 Å². The Morgan fingerprint density at radius 1 is 1.70 bits per heavy atom. The molecule has 1 aliphatic heterocycles. The summed E-state index contributed by atoms with van der Waals surface area (Å²) in [6.07, 6.45) is 2.15. The van der Waals surface area contributed by atoms with Crippen LogP contribution in [0.1, 0.15) is 6.99 Å². The van der Waals surface area contributed by atoms with Crippen LogP contribution >= 0.6 is 0 Å². The van der Waals surface area contributed by atoms with Crippen molar-refractivity contribution in [2.24, 2.45) is 0 Å². The standard InChI is InChI=1S/C7H6N2O.H2/c10-6-4-5-2-1-3-8-7(5)9-6;/h1-3H,4H2,(H,8,9,10);1H. The highest BCUT2D eigenvalue weighted by molar-refractivity contribution is 5.97. The zero-order valence-electron chi connectivity index (χ0n) is 5.29. The van der Waals surface area contributed by atoms with Gasteiger partial charge in [-0.3, -0.25) is 4.79 Å². The van der Waals surface area contributed by atoms with E-state index in [1.54, 1.807) is 6.20 Å². The molecule has 0 spiro atoms.